The Morgan fingerprint density at radius 3 is 2.72 bits per heavy atom. The number of Topliss-reactive ketones (excluding diaryl/α,β-unsaturated/α-hetero) is 1. The van der Waals surface area contributed by atoms with Gasteiger partial charge < -0.3 is 10.5 Å². The number of halogens is 1. The molecule has 1 aromatic carbocycles. The molecule has 3 rings (SSSR count). The van der Waals surface area contributed by atoms with Gasteiger partial charge in [-0.2, -0.15) is 0 Å². The van der Waals surface area contributed by atoms with Gasteiger partial charge in [-0.25, -0.2) is 4.79 Å². The summed E-state index contributed by atoms with van der Waals surface area (Å²) in [5.41, 5.74) is 8.14. The minimum Gasteiger partial charge on any atom is -0.462 e. The first-order valence-corrected chi connectivity index (χ1v) is 9.27. The van der Waals surface area contributed by atoms with Gasteiger partial charge in [0, 0.05) is 28.6 Å². The Kier molecular flexibility index (Phi) is 5.42. The molecule has 7 heteroatoms. The zero-order chi connectivity index (χ0) is 18.0. The Labute approximate surface area is 155 Å². The van der Waals surface area contributed by atoms with E-state index in [2.05, 4.69) is 4.90 Å². The van der Waals surface area contributed by atoms with E-state index >= 15 is 0 Å². The van der Waals surface area contributed by atoms with Crippen molar-refractivity contribution in [2.75, 3.05) is 25.4 Å². The van der Waals surface area contributed by atoms with Crippen molar-refractivity contribution >= 4 is 39.7 Å². The van der Waals surface area contributed by atoms with Gasteiger partial charge >= 0.3 is 5.97 Å². The molecule has 25 heavy (non-hydrogen) atoms. The van der Waals surface area contributed by atoms with Crippen LogP contribution in [0.5, 0.6) is 0 Å². The number of carbonyl (C=O) groups excluding carboxylic acids is 2. The molecule has 132 valence electrons. The summed E-state index contributed by atoms with van der Waals surface area (Å²) in [6, 6.07) is 6.91. The number of ether oxygens (including phenoxy) is 1. The third-order valence-corrected chi connectivity index (χ3v) is 5.47. The second-order valence-corrected chi connectivity index (χ2v) is 7.43. The number of nitrogen functional groups attached to an aromatic ring is 1. The van der Waals surface area contributed by atoms with Crippen molar-refractivity contribution in [1.82, 2.24) is 4.90 Å². The van der Waals surface area contributed by atoms with E-state index in [1.807, 2.05) is 0 Å². The largest absolute Gasteiger partial charge is 0.462 e. The number of nitrogens with two attached hydrogens (primary N) is 1. The highest BCUT2D eigenvalue weighted by molar-refractivity contribution is 7.16. The van der Waals surface area contributed by atoms with Crippen LogP contribution in [0.1, 0.15) is 38.1 Å². The molecule has 0 saturated carbocycles. The minimum atomic E-state index is -0.358. The lowest BCUT2D eigenvalue weighted by atomic mass is 10.0. The highest BCUT2D eigenvalue weighted by Crippen LogP contribution is 2.35. The molecule has 0 bridgehead atoms. The quantitative estimate of drug-likeness (QED) is 0.637. The van der Waals surface area contributed by atoms with Gasteiger partial charge in [-0.15, -0.1) is 11.3 Å². The summed E-state index contributed by atoms with van der Waals surface area (Å²) < 4.78 is 5.10. The standard InChI is InChI=1S/C18H19ClN2O3S/c1-2-24-18(23)16-13-7-8-21(10-15(13)25-17(16)20)9-14(22)11-3-5-12(19)6-4-11/h3-6H,2,7-10,20H2,1H3. The second kappa shape index (κ2) is 7.56. The van der Waals surface area contributed by atoms with Gasteiger partial charge in [-0.05, 0) is 43.2 Å². The van der Waals surface area contributed by atoms with Gasteiger partial charge in [0.1, 0.15) is 5.00 Å². The number of carbonyl (C=O) groups is 2. The van der Waals surface area contributed by atoms with Crippen molar-refractivity contribution in [2.45, 2.75) is 19.9 Å². The Bertz CT molecular complexity index is 801. The van der Waals surface area contributed by atoms with E-state index in [0.717, 1.165) is 10.4 Å². The SMILES string of the molecule is CCOC(=O)c1c(N)sc2c1CCN(CC(=O)c1ccc(Cl)cc1)C2. The molecule has 0 atom stereocenters. The smallest absolute Gasteiger partial charge is 0.341 e. The summed E-state index contributed by atoms with van der Waals surface area (Å²) in [6.07, 6.45) is 0.686. The minimum absolute atomic E-state index is 0.0512. The molecular weight excluding hydrogens is 360 g/mol. The number of fused-ring (bicyclic) bond motifs is 1. The van der Waals surface area contributed by atoms with Crippen molar-refractivity contribution in [3.05, 3.63) is 50.9 Å². The van der Waals surface area contributed by atoms with E-state index in [9.17, 15) is 9.59 Å². The highest BCUT2D eigenvalue weighted by atomic mass is 35.5. The summed E-state index contributed by atoms with van der Waals surface area (Å²) in [4.78, 5) is 27.6. The maximum atomic E-state index is 12.4. The Balaban J connectivity index is 1.71. The molecule has 1 aromatic heterocycles. The van der Waals surface area contributed by atoms with Gasteiger partial charge in [0.2, 0.25) is 0 Å². The lowest BCUT2D eigenvalue weighted by molar-refractivity contribution is 0.0525. The first-order valence-electron chi connectivity index (χ1n) is 8.07. The van der Waals surface area contributed by atoms with E-state index in [4.69, 9.17) is 22.1 Å². The van der Waals surface area contributed by atoms with Crippen molar-refractivity contribution in [2.24, 2.45) is 0 Å². The molecular formula is C18H19ClN2O3S. The van der Waals surface area contributed by atoms with Crippen molar-refractivity contribution in [1.29, 1.82) is 0 Å². The van der Waals surface area contributed by atoms with Gasteiger partial charge in [0.05, 0.1) is 18.7 Å². The molecule has 2 aromatic rings. The lowest BCUT2D eigenvalue weighted by Crippen LogP contribution is -2.34. The number of hydrogen-bond acceptors (Lipinski definition) is 6. The fourth-order valence-electron chi connectivity index (χ4n) is 2.97. The topological polar surface area (TPSA) is 72.6 Å². The molecule has 1 aliphatic rings. The molecule has 0 amide bonds. The molecule has 0 aliphatic carbocycles. The Morgan fingerprint density at radius 2 is 2.04 bits per heavy atom. The summed E-state index contributed by atoms with van der Waals surface area (Å²) in [7, 11) is 0. The molecule has 2 N–H and O–H groups in total. The van der Waals surface area contributed by atoms with Gasteiger partial charge in [0.15, 0.2) is 5.78 Å². The Hall–Kier alpha value is -1.89. The van der Waals surface area contributed by atoms with Crippen LogP contribution in [0.15, 0.2) is 24.3 Å². The fourth-order valence-corrected chi connectivity index (χ4v) is 4.24. The zero-order valence-electron chi connectivity index (χ0n) is 13.9. The van der Waals surface area contributed by atoms with E-state index in [0.29, 0.717) is 53.8 Å². The van der Waals surface area contributed by atoms with Crippen LogP contribution in [0.3, 0.4) is 0 Å². The number of nitrogens with zero attached hydrogens (tertiary/aromatic N) is 1. The molecule has 5 nitrogen and oxygen atoms in total. The molecule has 0 fully saturated rings. The molecule has 0 unspecified atom stereocenters. The number of benzene rings is 1. The molecule has 0 spiro atoms. The first-order chi connectivity index (χ1) is 12.0. The zero-order valence-corrected chi connectivity index (χ0v) is 15.5. The molecule has 0 saturated heterocycles. The highest BCUT2D eigenvalue weighted by Gasteiger charge is 2.28. The first kappa shape index (κ1) is 17.9. The van der Waals surface area contributed by atoms with Gasteiger partial charge in [0.25, 0.3) is 0 Å². The predicted molar refractivity (Wildman–Crippen MR) is 99.5 cm³/mol. The number of hydrogen-bond donors (Lipinski definition) is 1. The third kappa shape index (κ3) is 3.86. The summed E-state index contributed by atoms with van der Waals surface area (Å²) >= 11 is 7.27. The van der Waals surface area contributed by atoms with Crippen molar-refractivity contribution < 1.29 is 14.3 Å². The maximum absolute atomic E-state index is 12.4. The average molecular weight is 379 g/mol. The van der Waals surface area contributed by atoms with Gasteiger partial charge in [-0.3, -0.25) is 9.69 Å². The number of esters is 1. The van der Waals surface area contributed by atoms with Crippen molar-refractivity contribution in [3.63, 3.8) is 0 Å². The van der Waals surface area contributed by atoms with Gasteiger partial charge in [-0.1, -0.05) is 11.6 Å². The summed E-state index contributed by atoms with van der Waals surface area (Å²) in [5.74, 6) is -0.307. The van der Waals surface area contributed by atoms with E-state index < -0.39 is 0 Å². The number of anilines is 1. The van der Waals surface area contributed by atoms with Crippen LogP contribution in [0, 0.1) is 0 Å². The summed E-state index contributed by atoms with van der Waals surface area (Å²) in [6.45, 7) is 3.74. The normalized spacial score (nSPS) is 14.2. The van der Waals surface area contributed by atoms with Crippen molar-refractivity contribution in [3.8, 4) is 0 Å². The number of thiophene rings is 1. The molecule has 1 aliphatic heterocycles. The van der Waals surface area contributed by atoms with Crippen LogP contribution >= 0.6 is 22.9 Å². The van der Waals surface area contributed by atoms with Crippen LogP contribution in [-0.2, 0) is 17.7 Å². The lowest BCUT2D eigenvalue weighted by Gasteiger charge is -2.26. The van der Waals surface area contributed by atoms with E-state index in [1.165, 1.54) is 11.3 Å². The number of rotatable bonds is 5. The van der Waals surface area contributed by atoms with Crippen LogP contribution in [0.4, 0.5) is 5.00 Å². The predicted octanol–water partition coefficient (Wildman–Crippen LogP) is 3.40. The Morgan fingerprint density at radius 1 is 1.32 bits per heavy atom. The second-order valence-electron chi connectivity index (χ2n) is 5.85. The van der Waals surface area contributed by atoms with E-state index in [1.54, 1.807) is 31.2 Å². The van der Waals surface area contributed by atoms with Crippen LogP contribution < -0.4 is 5.73 Å². The monoisotopic (exact) mass is 378 g/mol. The fraction of sp³-hybridized carbons (Fsp3) is 0.333. The summed E-state index contributed by atoms with van der Waals surface area (Å²) in [5, 5.41) is 1.11. The van der Waals surface area contributed by atoms with Crippen LogP contribution in [-0.4, -0.2) is 36.3 Å². The van der Waals surface area contributed by atoms with Crippen LogP contribution in [0.2, 0.25) is 5.02 Å². The maximum Gasteiger partial charge on any atom is 0.341 e. The molecule has 0 radical (unpaired) electrons. The van der Waals surface area contributed by atoms with E-state index in [-0.39, 0.29) is 11.8 Å². The molecule has 2 heterocycles. The number of ketones is 1. The van der Waals surface area contributed by atoms with Crippen LogP contribution in [0.25, 0.3) is 0 Å². The average Bonchev–Trinajstić information content (AvgIpc) is 2.90. The third-order valence-electron chi connectivity index (χ3n) is 4.18.